The molecule has 10 heteroatoms. The SMILES string of the molecule is C[C@@H]1CN(c2ncccc2C(F)(F)F)CC=C1C(=O)Nc1ccc(C(F)(F)F)cc1. The van der Waals surface area contributed by atoms with Crippen molar-refractivity contribution in [2.45, 2.75) is 19.3 Å². The summed E-state index contributed by atoms with van der Waals surface area (Å²) in [6, 6.07) is 6.16. The summed E-state index contributed by atoms with van der Waals surface area (Å²) in [5, 5.41) is 2.52. The van der Waals surface area contributed by atoms with Gasteiger partial charge in [-0.1, -0.05) is 13.0 Å². The number of pyridine rings is 1. The second kappa shape index (κ2) is 8.00. The Hall–Kier alpha value is -3.04. The van der Waals surface area contributed by atoms with E-state index in [1.165, 1.54) is 23.2 Å². The van der Waals surface area contributed by atoms with Crippen molar-refractivity contribution in [1.82, 2.24) is 4.98 Å². The molecule has 0 spiro atoms. The second-order valence-corrected chi connectivity index (χ2v) is 6.87. The third-order valence-electron chi connectivity index (χ3n) is 4.68. The fraction of sp³-hybridized carbons (Fsp3) is 0.300. The average molecular weight is 429 g/mol. The quantitative estimate of drug-likeness (QED) is 0.688. The van der Waals surface area contributed by atoms with Gasteiger partial charge in [0.05, 0.1) is 11.1 Å². The Balaban J connectivity index is 1.74. The molecule has 0 unspecified atom stereocenters. The zero-order valence-corrected chi connectivity index (χ0v) is 15.7. The maximum absolute atomic E-state index is 13.2. The van der Waals surface area contributed by atoms with Gasteiger partial charge < -0.3 is 10.2 Å². The smallest absolute Gasteiger partial charge is 0.352 e. The Bertz CT molecular complexity index is 950. The van der Waals surface area contributed by atoms with Gasteiger partial charge in [-0.05, 0) is 36.4 Å². The largest absolute Gasteiger partial charge is 0.419 e. The molecule has 1 N–H and O–H groups in total. The molecule has 1 aliphatic heterocycles. The Morgan fingerprint density at radius 1 is 1.07 bits per heavy atom. The van der Waals surface area contributed by atoms with E-state index < -0.39 is 35.3 Å². The molecule has 1 atom stereocenters. The van der Waals surface area contributed by atoms with E-state index in [2.05, 4.69) is 10.3 Å². The van der Waals surface area contributed by atoms with Crippen molar-refractivity contribution in [3.63, 3.8) is 0 Å². The van der Waals surface area contributed by atoms with Crippen LogP contribution in [-0.4, -0.2) is 24.0 Å². The number of anilines is 2. The number of amides is 1. The first-order chi connectivity index (χ1) is 14.0. The molecular weight excluding hydrogens is 412 g/mol. The number of carbonyl (C=O) groups is 1. The zero-order chi connectivity index (χ0) is 22.1. The topological polar surface area (TPSA) is 45.2 Å². The van der Waals surface area contributed by atoms with Crippen LogP contribution in [-0.2, 0) is 17.1 Å². The molecule has 3 rings (SSSR count). The maximum atomic E-state index is 13.2. The van der Waals surface area contributed by atoms with Gasteiger partial charge in [0, 0.05) is 36.5 Å². The molecule has 0 radical (unpaired) electrons. The van der Waals surface area contributed by atoms with Gasteiger partial charge in [0.1, 0.15) is 5.82 Å². The predicted octanol–water partition coefficient (Wildman–Crippen LogP) is 5.14. The number of hydrogen-bond donors (Lipinski definition) is 1. The lowest BCUT2D eigenvalue weighted by Crippen LogP contribution is -2.38. The van der Waals surface area contributed by atoms with E-state index in [-0.39, 0.29) is 24.6 Å². The molecule has 160 valence electrons. The molecule has 1 amide bonds. The number of alkyl halides is 6. The second-order valence-electron chi connectivity index (χ2n) is 6.87. The van der Waals surface area contributed by atoms with Crippen LogP contribution in [0.2, 0.25) is 0 Å². The van der Waals surface area contributed by atoms with E-state index in [1.807, 2.05) is 0 Å². The molecule has 30 heavy (non-hydrogen) atoms. The van der Waals surface area contributed by atoms with Crippen LogP contribution in [0.4, 0.5) is 37.8 Å². The van der Waals surface area contributed by atoms with E-state index in [1.54, 1.807) is 6.92 Å². The molecular formula is C20H17F6N3O. The Morgan fingerprint density at radius 3 is 2.30 bits per heavy atom. The third kappa shape index (κ3) is 4.74. The summed E-state index contributed by atoms with van der Waals surface area (Å²) in [6.45, 7) is 1.85. The number of hydrogen-bond acceptors (Lipinski definition) is 3. The lowest BCUT2D eigenvalue weighted by Gasteiger charge is -2.32. The highest BCUT2D eigenvalue weighted by molar-refractivity contribution is 6.04. The molecule has 1 aromatic heterocycles. The first-order valence-electron chi connectivity index (χ1n) is 8.92. The van der Waals surface area contributed by atoms with E-state index in [4.69, 9.17) is 0 Å². The van der Waals surface area contributed by atoms with Crippen LogP contribution in [0.5, 0.6) is 0 Å². The summed E-state index contributed by atoms with van der Waals surface area (Å²) in [5.74, 6) is -1.15. The lowest BCUT2D eigenvalue weighted by molar-refractivity contribution is -0.138. The first kappa shape index (κ1) is 21.7. The van der Waals surface area contributed by atoms with Crippen LogP contribution in [0.1, 0.15) is 18.1 Å². The maximum Gasteiger partial charge on any atom is 0.419 e. The Kier molecular flexibility index (Phi) is 5.78. The molecule has 2 heterocycles. The number of rotatable bonds is 3. The van der Waals surface area contributed by atoms with Gasteiger partial charge in [0.25, 0.3) is 5.91 Å². The van der Waals surface area contributed by atoms with E-state index in [9.17, 15) is 31.1 Å². The summed E-state index contributed by atoms with van der Waals surface area (Å²) in [7, 11) is 0. The number of benzene rings is 1. The minimum atomic E-state index is -4.56. The van der Waals surface area contributed by atoms with Crippen molar-refractivity contribution >= 4 is 17.4 Å². The van der Waals surface area contributed by atoms with Gasteiger partial charge in [0.2, 0.25) is 0 Å². The highest BCUT2D eigenvalue weighted by Crippen LogP contribution is 2.36. The first-order valence-corrected chi connectivity index (χ1v) is 8.92. The van der Waals surface area contributed by atoms with Gasteiger partial charge >= 0.3 is 12.4 Å². The van der Waals surface area contributed by atoms with Gasteiger partial charge in [-0.25, -0.2) is 4.98 Å². The number of nitrogens with one attached hydrogen (secondary N) is 1. The predicted molar refractivity (Wildman–Crippen MR) is 98.8 cm³/mol. The van der Waals surface area contributed by atoms with E-state index in [0.29, 0.717) is 5.57 Å². The van der Waals surface area contributed by atoms with Crippen LogP contribution in [0, 0.1) is 5.92 Å². The van der Waals surface area contributed by atoms with Crippen molar-refractivity contribution in [2.75, 3.05) is 23.3 Å². The molecule has 2 aromatic rings. The molecule has 0 fully saturated rings. The van der Waals surface area contributed by atoms with Gasteiger partial charge in [-0.2, -0.15) is 26.3 Å². The molecule has 1 aromatic carbocycles. The van der Waals surface area contributed by atoms with Gasteiger partial charge in [0.15, 0.2) is 0 Å². The molecule has 0 saturated carbocycles. The fourth-order valence-corrected chi connectivity index (χ4v) is 3.22. The van der Waals surface area contributed by atoms with Crippen molar-refractivity contribution in [2.24, 2.45) is 5.92 Å². The summed E-state index contributed by atoms with van der Waals surface area (Å²) in [5.41, 5.74) is -1.16. The summed E-state index contributed by atoms with van der Waals surface area (Å²) >= 11 is 0. The highest BCUT2D eigenvalue weighted by atomic mass is 19.4. The van der Waals surface area contributed by atoms with Crippen molar-refractivity contribution in [3.05, 3.63) is 65.4 Å². The van der Waals surface area contributed by atoms with E-state index >= 15 is 0 Å². The zero-order valence-electron chi connectivity index (χ0n) is 15.7. The summed E-state index contributed by atoms with van der Waals surface area (Å²) < 4.78 is 77.6. The molecule has 0 bridgehead atoms. The number of aromatic nitrogens is 1. The van der Waals surface area contributed by atoms with Gasteiger partial charge in [-0.15, -0.1) is 0 Å². The van der Waals surface area contributed by atoms with Crippen LogP contribution < -0.4 is 10.2 Å². The fourth-order valence-electron chi connectivity index (χ4n) is 3.22. The Labute approximate surface area is 168 Å². The molecule has 0 saturated heterocycles. The number of halogens is 6. The van der Waals surface area contributed by atoms with E-state index in [0.717, 1.165) is 30.3 Å². The molecule has 0 aliphatic carbocycles. The summed E-state index contributed by atoms with van der Waals surface area (Å²) in [6.07, 6.45) is -6.27. The van der Waals surface area contributed by atoms with Crippen LogP contribution >= 0.6 is 0 Å². The van der Waals surface area contributed by atoms with Crippen LogP contribution in [0.3, 0.4) is 0 Å². The standard InChI is InChI=1S/C20H17F6N3O/c1-12-11-29(17-16(20(24,25)26)3-2-9-27-17)10-8-15(12)18(30)28-14-6-4-13(5-7-14)19(21,22)23/h2-9,12H,10-11H2,1H3,(H,28,30)/t12-/m1/s1. The lowest BCUT2D eigenvalue weighted by atomic mass is 9.95. The molecule has 1 aliphatic rings. The van der Waals surface area contributed by atoms with Crippen LogP contribution in [0.15, 0.2) is 54.2 Å². The third-order valence-corrected chi connectivity index (χ3v) is 4.68. The van der Waals surface area contributed by atoms with Gasteiger partial charge in [-0.3, -0.25) is 4.79 Å². The number of carbonyl (C=O) groups excluding carboxylic acids is 1. The van der Waals surface area contributed by atoms with Crippen molar-refractivity contribution < 1.29 is 31.1 Å². The summed E-state index contributed by atoms with van der Waals surface area (Å²) in [4.78, 5) is 17.8. The number of nitrogens with zero attached hydrogens (tertiary/aromatic N) is 2. The average Bonchev–Trinajstić information content (AvgIpc) is 2.67. The monoisotopic (exact) mass is 429 g/mol. The highest BCUT2D eigenvalue weighted by Gasteiger charge is 2.37. The molecule has 4 nitrogen and oxygen atoms in total. The normalized spacial score (nSPS) is 17.5. The van der Waals surface area contributed by atoms with Crippen LogP contribution in [0.25, 0.3) is 0 Å². The minimum absolute atomic E-state index is 0.0419. The Morgan fingerprint density at radius 2 is 1.73 bits per heavy atom. The minimum Gasteiger partial charge on any atom is -0.352 e. The van der Waals surface area contributed by atoms with Crippen molar-refractivity contribution in [1.29, 1.82) is 0 Å². The van der Waals surface area contributed by atoms with Crippen molar-refractivity contribution in [3.8, 4) is 0 Å².